The molecule has 1 atom stereocenters. The number of hydrogen-bond donors (Lipinski definition) is 0. The van der Waals surface area contributed by atoms with Crippen LogP contribution in [0.4, 0.5) is 17.6 Å². The lowest BCUT2D eigenvalue weighted by Gasteiger charge is -2.19. The van der Waals surface area contributed by atoms with E-state index in [-0.39, 0.29) is 11.1 Å². The van der Waals surface area contributed by atoms with Crippen LogP contribution in [0.25, 0.3) is 0 Å². The van der Waals surface area contributed by atoms with Crippen LogP contribution in [0.5, 0.6) is 0 Å². The van der Waals surface area contributed by atoms with E-state index >= 15 is 0 Å². The molecule has 1 aromatic rings. The first-order valence-corrected chi connectivity index (χ1v) is 5.74. The van der Waals surface area contributed by atoms with Gasteiger partial charge >= 0.3 is 11.9 Å². The van der Waals surface area contributed by atoms with Crippen LogP contribution in [0.3, 0.4) is 0 Å². The van der Waals surface area contributed by atoms with E-state index < -0.39 is 29.4 Å². The van der Waals surface area contributed by atoms with Crippen molar-refractivity contribution >= 4 is 21.9 Å². The van der Waals surface area contributed by atoms with E-state index in [9.17, 15) is 22.4 Å². The minimum atomic E-state index is -4.37. The molecule has 0 aliphatic carbocycles. The van der Waals surface area contributed by atoms with Crippen molar-refractivity contribution in [3.05, 3.63) is 34.1 Å². The Morgan fingerprint density at radius 1 is 1.50 bits per heavy atom. The smallest absolute Gasteiger partial charge is 0.380 e. The van der Waals surface area contributed by atoms with E-state index in [0.29, 0.717) is 6.07 Å². The second-order valence-corrected chi connectivity index (χ2v) is 4.23. The van der Waals surface area contributed by atoms with Crippen LogP contribution in [0, 0.1) is 5.82 Å². The fraction of sp³-hybridized carbons (Fsp3) is 0.364. The zero-order valence-corrected chi connectivity index (χ0v) is 10.8. The fourth-order valence-corrected chi connectivity index (χ4v) is 1.68. The van der Waals surface area contributed by atoms with E-state index in [1.165, 1.54) is 6.92 Å². The molecule has 100 valence electrons. The number of rotatable bonds is 4. The van der Waals surface area contributed by atoms with Gasteiger partial charge in [0.15, 0.2) is 0 Å². The SMILES string of the molecule is CCOC(=O)C(F)(F)[C@@H](F)c1cc(F)ccc1Br. The summed E-state index contributed by atoms with van der Waals surface area (Å²) in [4.78, 5) is 11.0. The summed E-state index contributed by atoms with van der Waals surface area (Å²) >= 11 is 2.82. The molecule has 0 radical (unpaired) electrons. The first-order valence-electron chi connectivity index (χ1n) is 4.94. The molecule has 2 nitrogen and oxygen atoms in total. The Labute approximate surface area is 109 Å². The Balaban J connectivity index is 3.08. The van der Waals surface area contributed by atoms with E-state index in [0.717, 1.165) is 12.1 Å². The summed E-state index contributed by atoms with van der Waals surface area (Å²) in [5, 5.41) is 0. The van der Waals surface area contributed by atoms with Crippen molar-refractivity contribution < 1.29 is 27.1 Å². The van der Waals surface area contributed by atoms with Crippen molar-refractivity contribution in [2.24, 2.45) is 0 Å². The van der Waals surface area contributed by atoms with Crippen molar-refractivity contribution in [1.82, 2.24) is 0 Å². The maximum absolute atomic E-state index is 13.7. The average molecular weight is 329 g/mol. The van der Waals surface area contributed by atoms with Gasteiger partial charge in [0.2, 0.25) is 6.17 Å². The van der Waals surface area contributed by atoms with Crippen LogP contribution in [0.1, 0.15) is 18.7 Å². The third-order valence-corrected chi connectivity index (χ3v) is 2.82. The van der Waals surface area contributed by atoms with Gasteiger partial charge in [-0.3, -0.25) is 0 Å². The molecule has 0 aliphatic heterocycles. The van der Waals surface area contributed by atoms with E-state index in [2.05, 4.69) is 20.7 Å². The lowest BCUT2D eigenvalue weighted by Crippen LogP contribution is -2.35. The van der Waals surface area contributed by atoms with Gasteiger partial charge in [0.05, 0.1) is 6.61 Å². The van der Waals surface area contributed by atoms with Crippen LogP contribution in [-0.4, -0.2) is 18.5 Å². The van der Waals surface area contributed by atoms with Crippen LogP contribution in [0.15, 0.2) is 22.7 Å². The topological polar surface area (TPSA) is 26.3 Å². The molecule has 1 aromatic carbocycles. The molecular weight excluding hydrogens is 320 g/mol. The summed E-state index contributed by atoms with van der Waals surface area (Å²) < 4.78 is 57.4. The van der Waals surface area contributed by atoms with Gasteiger partial charge in [0, 0.05) is 10.0 Å². The third-order valence-electron chi connectivity index (χ3n) is 2.10. The number of carbonyl (C=O) groups is 1. The van der Waals surface area contributed by atoms with Gasteiger partial charge in [-0.05, 0) is 25.1 Å². The number of alkyl halides is 3. The Bertz CT molecular complexity index is 451. The summed E-state index contributed by atoms with van der Waals surface area (Å²) in [6.45, 7) is 1.02. The first-order chi connectivity index (χ1) is 8.30. The molecule has 0 saturated carbocycles. The largest absolute Gasteiger partial charge is 0.461 e. The minimum Gasteiger partial charge on any atom is -0.461 e. The highest BCUT2D eigenvalue weighted by Gasteiger charge is 2.51. The highest BCUT2D eigenvalue weighted by atomic mass is 79.9. The highest BCUT2D eigenvalue weighted by Crippen LogP contribution is 2.39. The summed E-state index contributed by atoms with van der Waals surface area (Å²) in [5.74, 6) is -7.23. The molecule has 0 aromatic heterocycles. The van der Waals surface area contributed by atoms with Crippen molar-refractivity contribution in [2.45, 2.75) is 19.0 Å². The summed E-state index contributed by atoms with van der Waals surface area (Å²) in [5.41, 5.74) is -0.645. The number of carbonyl (C=O) groups excluding carboxylic acids is 1. The standard InChI is InChI=1S/C11H9BrF4O2/c1-2-18-10(17)11(15,16)9(14)7-5-6(13)3-4-8(7)12/h3-5,9H,2H2,1H3/t9-/m0/s1. The predicted octanol–water partition coefficient (Wildman–Crippen LogP) is 3.80. The van der Waals surface area contributed by atoms with Gasteiger partial charge in [-0.15, -0.1) is 0 Å². The van der Waals surface area contributed by atoms with Crippen molar-refractivity contribution in [1.29, 1.82) is 0 Å². The Kier molecular flexibility index (Phi) is 4.72. The van der Waals surface area contributed by atoms with E-state index in [1.807, 2.05) is 0 Å². The minimum absolute atomic E-state index is 0.0552. The van der Waals surface area contributed by atoms with Crippen LogP contribution in [0.2, 0.25) is 0 Å². The maximum atomic E-state index is 13.7. The quantitative estimate of drug-likeness (QED) is 0.620. The molecule has 7 heteroatoms. The number of esters is 1. The number of ether oxygens (including phenoxy) is 1. The van der Waals surface area contributed by atoms with Gasteiger partial charge in [0.25, 0.3) is 0 Å². The summed E-state index contributed by atoms with van der Waals surface area (Å²) in [7, 11) is 0. The van der Waals surface area contributed by atoms with E-state index in [4.69, 9.17) is 0 Å². The van der Waals surface area contributed by atoms with Crippen molar-refractivity contribution in [2.75, 3.05) is 6.61 Å². The monoisotopic (exact) mass is 328 g/mol. The molecular formula is C11H9BrF4O2. The molecule has 0 saturated heterocycles. The molecule has 18 heavy (non-hydrogen) atoms. The number of hydrogen-bond acceptors (Lipinski definition) is 2. The molecule has 0 heterocycles. The number of halogens is 5. The summed E-state index contributed by atoms with van der Waals surface area (Å²) in [6, 6.07) is 2.66. The maximum Gasteiger partial charge on any atom is 0.380 e. The van der Waals surface area contributed by atoms with Gasteiger partial charge in [-0.25, -0.2) is 13.6 Å². The third kappa shape index (κ3) is 3.01. The second kappa shape index (κ2) is 5.69. The van der Waals surface area contributed by atoms with Crippen LogP contribution >= 0.6 is 15.9 Å². The van der Waals surface area contributed by atoms with Gasteiger partial charge in [-0.2, -0.15) is 8.78 Å². The lowest BCUT2D eigenvalue weighted by molar-refractivity contribution is -0.182. The highest BCUT2D eigenvalue weighted by molar-refractivity contribution is 9.10. The molecule has 0 fully saturated rings. The first kappa shape index (κ1) is 14.9. The number of benzene rings is 1. The molecule has 1 rings (SSSR count). The molecule has 0 unspecified atom stereocenters. The fourth-order valence-electron chi connectivity index (χ4n) is 1.23. The zero-order chi connectivity index (χ0) is 13.9. The van der Waals surface area contributed by atoms with Crippen LogP contribution < -0.4 is 0 Å². The molecule has 0 bridgehead atoms. The Morgan fingerprint density at radius 2 is 2.11 bits per heavy atom. The van der Waals surface area contributed by atoms with Gasteiger partial charge in [0.1, 0.15) is 5.82 Å². The van der Waals surface area contributed by atoms with Gasteiger partial charge < -0.3 is 4.74 Å². The second-order valence-electron chi connectivity index (χ2n) is 3.37. The molecule has 0 amide bonds. The average Bonchev–Trinajstić information content (AvgIpc) is 2.31. The van der Waals surface area contributed by atoms with Crippen molar-refractivity contribution in [3.63, 3.8) is 0 Å². The molecule has 0 aliphatic rings. The Morgan fingerprint density at radius 3 is 2.67 bits per heavy atom. The summed E-state index contributed by atoms with van der Waals surface area (Å²) in [6.07, 6.45) is -2.98. The van der Waals surface area contributed by atoms with Crippen LogP contribution in [-0.2, 0) is 9.53 Å². The molecule has 0 spiro atoms. The Hall–Kier alpha value is -1.11. The zero-order valence-electron chi connectivity index (χ0n) is 9.22. The van der Waals surface area contributed by atoms with E-state index in [1.54, 1.807) is 0 Å². The van der Waals surface area contributed by atoms with Gasteiger partial charge in [-0.1, -0.05) is 15.9 Å². The predicted molar refractivity (Wildman–Crippen MR) is 59.5 cm³/mol. The van der Waals surface area contributed by atoms with Crippen molar-refractivity contribution in [3.8, 4) is 0 Å². The lowest BCUT2D eigenvalue weighted by atomic mass is 10.0. The molecule has 0 N–H and O–H groups in total. The normalized spacial score (nSPS) is 13.2.